The van der Waals surface area contributed by atoms with Crippen LogP contribution in [0.2, 0.25) is 0 Å². The summed E-state index contributed by atoms with van der Waals surface area (Å²) in [5.41, 5.74) is 2.03. The predicted octanol–water partition coefficient (Wildman–Crippen LogP) is 0.671. The summed E-state index contributed by atoms with van der Waals surface area (Å²) in [6.45, 7) is 3.82. The molecule has 0 spiro atoms. The first kappa shape index (κ1) is 8.34. The molecule has 0 fully saturated rings. The van der Waals surface area contributed by atoms with Crippen LogP contribution in [0.4, 0.5) is 0 Å². The zero-order valence-corrected chi connectivity index (χ0v) is 7.37. The third kappa shape index (κ3) is 1.34. The highest BCUT2D eigenvalue weighted by Gasteiger charge is 2.38. The fourth-order valence-electron chi connectivity index (χ4n) is 1.23. The van der Waals surface area contributed by atoms with E-state index in [9.17, 15) is 0 Å². The summed E-state index contributed by atoms with van der Waals surface area (Å²) in [5.74, 6) is 0.709. The van der Waals surface area contributed by atoms with Crippen molar-refractivity contribution in [1.82, 2.24) is 0 Å². The van der Waals surface area contributed by atoms with Crippen molar-refractivity contribution in [2.75, 3.05) is 0 Å². The van der Waals surface area contributed by atoms with Crippen molar-refractivity contribution in [1.29, 1.82) is 0 Å². The number of aryl methyl sites for hydroxylation is 2. The molecular formula is C9H10O4. The van der Waals surface area contributed by atoms with E-state index in [1.807, 2.05) is 13.8 Å². The van der Waals surface area contributed by atoms with Gasteiger partial charge in [-0.05, 0) is 37.1 Å². The Kier molecular flexibility index (Phi) is 1.52. The topological polar surface area (TPSA) is 58.9 Å². The highest BCUT2D eigenvalue weighted by atomic mass is 17.0. The van der Waals surface area contributed by atoms with Crippen molar-refractivity contribution in [2.45, 2.75) is 20.0 Å². The second-order valence-electron chi connectivity index (χ2n) is 3.14. The fraction of sp³-hybridized carbons (Fsp3) is 0.333. The van der Waals surface area contributed by atoms with E-state index in [1.54, 1.807) is 12.1 Å². The molecule has 70 valence electrons. The van der Waals surface area contributed by atoms with Crippen LogP contribution >= 0.6 is 0 Å². The summed E-state index contributed by atoms with van der Waals surface area (Å²) >= 11 is 0. The van der Waals surface area contributed by atoms with Gasteiger partial charge in [0.2, 0.25) is 0 Å². The molecule has 1 heterocycles. The van der Waals surface area contributed by atoms with Gasteiger partial charge in [-0.1, -0.05) is 0 Å². The van der Waals surface area contributed by atoms with Crippen molar-refractivity contribution in [3.8, 4) is 11.5 Å². The Hall–Kier alpha value is -1.26. The molecule has 0 radical (unpaired) electrons. The van der Waals surface area contributed by atoms with Crippen LogP contribution in [0.25, 0.3) is 0 Å². The molecule has 2 N–H and O–H groups in total. The van der Waals surface area contributed by atoms with E-state index in [1.165, 1.54) is 0 Å². The van der Waals surface area contributed by atoms with Gasteiger partial charge in [-0.15, -0.1) is 0 Å². The van der Waals surface area contributed by atoms with Gasteiger partial charge in [0.1, 0.15) is 0 Å². The van der Waals surface area contributed by atoms with E-state index in [4.69, 9.17) is 19.7 Å². The van der Waals surface area contributed by atoms with Crippen LogP contribution in [0.5, 0.6) is 11.5 Å². The summed E-state index contributed by atoms with van der Waals surface area (Å²) in [4.78, 5) is 0. The van der Waals surface area contributed by atoms with Crippen molar-refractivity contribution in [3.05, 3.63) is 23.3 Å². The first-order chi connectivity index (χ1) is 5.98. The molecule has 2 rings (SSSR count). The lowest BCUT2D eigenvalue weighted by molar-refractivity contribution is -0.385. The number of ether oxygens (including phenoxy) is 2. The van der Waals surface area contributed by atoms with Crippen LogP contribution < -0.4 is 9.47 Å². The standard InChI is InChI=1S/C9H10O4/c1-5-3-7-8(4-6(5)2)13-9(10,11)12-7/h3-4,10-11H,1-2H3. The van der Waals surface area contributed by atoms with Crippen LogP contribution in [-0.4, -0.2) is 16.4 Å². The smallest absolute Gasteiger partial charge is 0.403 e. The van der Waals surface area contributed by atoms with E-state index >= 15 is 0 Å². The highest BCUT2D eigenvalue weighted by Crippen LogP contribution is 2.38. The van der Waals surface area contributed by atoms with Gasteiger partial charge in [-0.2, -0.15) is 0 Å². The Balaban J connectivity index is 2.48. The van der Waals surface area contributed by atoms with E-state index in [0.29, 0.717) is 11.5 Å². The Morgan fingerprint density at radius 3 is 1.77 bits per heavy atom. The number of aliphatic hydroxyl groups is 2. The molecule has 4 heteroatoms. The van der Waals surface area contributed by atoms with Crippen molar-refractivity contribution >= 4 is 0 Å². The number of hydrogen-bond acceptors (Lipinski definition) is 4. The number of benzene rings is 1. The molecule has 0 atom stereocenters. The summed E-state index contributed by atoms with van der Waals surface area (Å²) in [6, 6.07) is 3.41. The Morgan fingerprint density at radius 2 is 1.38 bits per heavy atom. The highest BCUT2D eigenvalue weighted by molar-refractivity contribution is 5.48. The van der Waals surface area contributed by atoms with Gasteiger partial charge in [-0.3, -0.25) is 10.2 Å². The first-order valence-electron chi connectivity index (χ1n) is 3.92. The quantitative estimate of drug-likeness (QED) is 0.579. The van der Waals surface area contributed by atoms with E-state index in [2.05, 4.69) is 0 Å². The summed E-state index contributed by atoms with van der Waals surface area (Å²) in [6.07, 6.45) is -2.51. The number of fused-ring (bicyclic) bond motifs is 1. The Morgan fingerprint density at radius 1 is 1.00 bits per heavy atom. The van der Waals surface area contributed by atoms with Gasteiger partial charge in [-0.25, -0.2) is 0 Å². The maximum absolute atomic E-state index is 9.01. The van der Waals surface area contributed by atoms with Crippen molar-refractivity contribution in [3.63, 3.8) is 0 Å². The molecule has 1 aromatic carbocycles. The lowest BCUT2D eigenvalue weighted by atomic mass is 10.1. The van der Waals surface area contributed by atoms with Crippen LogP contribution in [0.1, 0.15) is 11.1 Å². The molecule has 1 aliphatic heterocycles. The third-order valence-electron chi connectivity index (χ3n) is 2.05. The van der Waals surface area contributed by atoms with Gasteiger partial charge in [0, 0.05) is 0 Å². The summed E-state index contributed by atoms with van der Waals surface area (Å²) in [5, 5.41) is 18.0. The minimum Gasteiger partial charge on any atom is -0.403 e. The minimum atomic E-state index is -2.51. The number of hydrogen-bond donors (Lipinski definition) is 2. The van der Waals surface area contributed by atoms with Crippen molar-refractivity contribution in [2.24, 2.45) is 0 Å². The molecule has 0 saturated heterocycles. The number of rotatable bonds is 0. The molecule has 1 aliphatic rings. The molecule has 1 aromatic rings. The molecule has 0 bridgehead atoms. The van der Waals surface area contributed by atoms with Gasteiger partial charge < -0.3 is 9.47 Å². The minimum absolute atomic E-state index is 0.355. The Bertz CT molecular complexity index is 324. The lowest BCUT2D eigenvalue weighted by Gasteiger charge is -2.10. The van der Waals surface area contributed by atoms with Crippen LogP contribution in [-0.2, 0) is 0 Å². The van der Waals surface area contributed by atoms with Gasteiger partial charge in [0.15, 0.2) is 11.5 Å². The fourth-order valence-corrected chi connectivity index (χ4v) is 1.23. The predicted molar refractivity (Wildman–Crippen MR) is 44.3 cm³/mol. The van der Waals surface area contributed by atoms with Gasteiger partial charge >= 0.3 is 6.16 Å². The zero-order valence-electron chi connectivity index (χ0n) is 7.37. The van der Waals surface area contributed by atoms with Gasteiger partial charge in [0.25, 0.3) is 0 Å². The average molecular weight is 182 g/mol. The van der Waals surface area contributed by atoms with Crippen LogP contribution in [0.15, 0.2) is 12.1 Å². The van der Waals surface area contributed by atoms with E-state index < -0.39 is 6.16 Å². The van der Waals surface area contributed by atoms with Crippen LogP contribution in [0, 0.1) is 13.8 Å². The van der Waals surface area contributed by atoms with E-state index in [0.717, 1.165) is 11.1 Å². The summed E-state index contributed by atoms with van der Waals surface area (Å²) < 4.78 is 9.44. The molecule has 0 aromatic heterocycles. The van der Waals surface area contributed by atoms with Gasteiger partial charge in [0.05, 0.1) is 0 Å². The first-order valence-corrected chi connectivity index (χ1v) is 3.92. The lowest BCUT2D eigenvalue weighted by Crippen LogP contribution is -2.37. The Labute approximate surface area is 75.3 Å². The summed E-state index contributed by atoms with van der Waals surface area (Å²) in [7, 11) is 0. The normalized spacial score (nSPS) is 17.5. The molecular weight excluding hydrogens is 172 g/mol. The second-order valence-corrected chi connectivity index (χ2v) is 3.14. The van der Waals surface area contributed by atoms with Crippen molar-refractivity contribution < 1.29 is 19.7 Å². The second kappa shape index (κ2) is 2.37. The third-order valence-corrected chi connectivity index (χ3v) is 2.05. The average Bonchev–Trinajstić information content (AvgIpc) is 2.24. The largest absolute Gasteiger partial charge is 0.505 e. The molecule has 13 heavy (non-hydrogen) atoms. The maximum atomic E-state index is 9.01. The van der Waals surface area contributed by atoms with E-state index in [-0.39, 0.29) is 0 Å². The SMILES string of the molecule is Cc1cc2c(cc1C)OC(O)(O)O2. The molecule has 0 amide bonds. The van der Waals surface area contributed by atoms with Crippen LogP contribution in [0.3, 0.4) is 0 Å². The maximum Gasteiger partial charge on any atom is 0.505 e. The zero-order chi connectivity index (χ0) is 9.64. The molecule has 0 unspecified atom stereocenters. The molecule has 0 aliphatic carbocycles. The molecule has 4 nitrogen and oxygen atoms in total. The monoisotopic (exact) mass is 182 g/mol. The molecule has 0 saturated carbocycles.